The zero-order valence-electron chi connectivity index (χ0n) is 10.8. The molecule has 0 unspecified atom stereocenters. The van der Waals surface area contributed by atoms with Gasteiger partial charge in [0.2, 0.25) is 0 Å². The van der Waals surface area contributed by atoms with Crippen molar-refractivity contribution in [3.63, 3.8) is 0 Å². The van der Waals surface area contributed by atoms with Gasteiger partial charge in [-0.1, -0.05) is 29.8 Å². The maximum absolute atomic E-state index is 6.26. The highest BCUT2D eigenvalue weighted by Crippen LogP contribution is 2.23. The molecule has 0 spiro atoms. The number of halogens is 1. The second kappa shape index (κ2) is 5.60. The molecule has 2 saturated heterocycles. The Bertz CT molecular complexity index is 407. The van der Waals surface area contributed by atoms with Crippen molar-refractivity contribution in [3.8, 4) is 0 Å². The molecule has 18 heavy (non-hydrogen) atoms. The maximum Gasteiger partial charge on any atom is 0.0451 e. The molecule has 0 aromatic heterocycles. The van der Waals surface area contributed by atoms with E-state index >= 15 is 0 Å². The van der Waals surface area contributed by atoms with E-state index in [9.17, 15) is 0 Å². The number of fused-ring (bicyclic) bond motifs is 1. The molecule has 1 aromatic rings. The molecule has 2 heterocycles. The Morgan fingerprint density at radius 2 is 1.94 bits per heavy atom. The summed E-state index contributed by atoms with van der Waals surface area (Å²) in [7, 11) is 0. The lowest BCUT2D eigenvalue weighted by molar-refractivity contribution is 0.215. The minimum atomic E-state index is 0.787. The second-order valence-electron chi connectivity index (χ2n) is 5.51. The Balaban J connectivity index is 1.67. The average Bonchev–Trinajstić information content (AvgIpc) is 2.71. The van der Waals surface area contributed by atoms with Crippen LogP contribution in [0.1, 0.15) is 24.8 Å². The van der Waals surface area contributed by atoms with E-state index in [1.54, 1.807) is 0 Å². The minimum Gasteiger partial charge on any atom is -0.299 e. The lowest BCUT2D eigenvalue weighted by Crippen LogP contribution is -2.36. The molecular formula is C15H21ClN2. The van der Waals surface area contributed by atoms with Crippen molar-refractivity contribution in [1.29, 1.82) is 0 Å². The molecule has 98 valence electrons. The number of nitrogens with zero attached hydrogens (tertiary/aromatic N) is 2. The fraction of sp³-hybridized carbons (Fsp3) is 0.600. The summed E-state index contributed by atoms with van der Waals surface area (Å²) < 4.78 is 0. The van der Waals surface area contributed by atoms with Gasteiger partial charge in [0.15, 0.2) is 0 Å². The quantitative estimate of drug-likeness (QED) is 0.810. The van der Waals surface area contributed by atoms with Gasteiger partial charge in [-0.15, -0.1) is 0 Å². The third-order valence-corrected chi connectivity index (χ3v) is 4.61. The Hall–Kier alpha value is -0.570. The van der Waals surface area contributed by atoms with Crippen molar-refractivity contribution < 1.29 is 0 Å². The van der Waals surface area contributed by atoms with Gasteiger partial charge < -0.3 is 0 Å². The number of benzene rings is 1. The molecular weight excluding hydrogens is 244 g/mol. The van der Waals surface area contributed by atoms with Gasteiger partial charge in [-0.3, -0.25) is 9.80 Å². The van der Waals surface area contributed by atoms with Crippen molar-refractivity contribution in [2.75, 3.05) is 26.2 Å². The lowest BCUT2D eigenvalue weighted by Gasteiger charge is -2.25. The summed E-state index contributed by atoms with van der Waals surface area (Å²) in [4.78, 5) is 5.25. The molecule has 2 nitrogen and oxygen atoms in total. The van der Waals surface area contributed by atoms with Gasteiger partial charge in [0.05, 0.1) is 0 Å². The van der Waals surface area contributed by atoms with E-state index in [-0.39, 0.29) is 0 Å². The van der Waals surface area contributed by atoms with E-state index in [0.717, 1.165) is 17.6 Å². The SMILES string of the molecule is Clc1ccccc1CN1CCCN2CCC[C@@H]2C1. The fourth-order valence-corrected chi connectivity index (χ4v) is 3.49. The van der Waals surface area contributed by atoms with Crippen molar-refractivity contribution in [2.24, 2.45) is 0 Å². The standard InChI is InChI=1S/C15H21ClN2/c16-15-7-2-1-5-13(15)11-17-8-4-10-18-9-3-6-14(18)12-17/h1-2,5,7,14H,3-4,6,8-12H2/t14-/m1/s1. The van der Waals surface area contributed by atoms with E-state index in [1.807, 2.05) is 12.1 Å². The number of hydrogen-bond donors (Lipinski definition) is 0. The predicted molar refractivity (Wildman–Crippen MR) is 75.9 cm³/mol. The zero-order chi connectivity index (χ0) is 12.4. The van der Waals surface area contributed by atoms with Crippen LogP contribution in [0, 0.1) is 0 Å². The molecule has 2 aliphatic heterocycles. The summed E-state index contributed by atoms with van der Waals surface area (Å²) in [5.41, 5.74) is 1.27. The largest absolute Gasteiger partial charge is 0.299 e. The molecule has 1 aromatic carbocycles. The average molecular weight is 265 g/mol. The molecule has 0 radical (unpaired) electrons. The summed E-state index contributed by atoms with van der Waals surface area (Å²) in [6, 6.07) is 9.03. The molecule has 0 saturated carbocycles. The van der Waals surface area contributed by atoms with Gasteiger partial charge in [-0.2, -0.15) is 0 Å². The van der Waals surface area contributed by atoms with Gasteiger partial charge in [-0.05, 0) is 50.5 Å². The van der Waals surface area contributed by atoms with Crippen LogP contribution in [-0.2, 0) is 6.54 Å². The molecule has 1 atom stereocenters. The monoisotopic (exact) mass is 264 g/mol. The van der Waals surface area contributed by atoms with Gasteiger partial charge in [0, 0.05) is 24.2 Å². The first kappa shape index (κ1) is 12.5. The molecule has 0 bridgehead atoms. The van der Waals surface area contributed by atoms with Crippen molar-refractivity contribution in [2.45, 2.75) is 31.8 Å². The Morgan fingerprint density at radius 3 is 2.83 bits per heavy atom. The first-order valence-electron chi connectivity index (χ1n) is 7.03. The Morgan fingerprint density at radius 1 is 1.11 bits per heavy atom. The topological polar surface area (TPSA) is 6.48 Å². The lowest BCUT2D eigenvalue weighted by atomic mass is 10.1. The third-order valence-electron chi connectivity index (χ3n) is 4.24. The highest BCUT2D eigenvalue weighted by Gasteiger charge is 2.28. The summed E-state index contributed by atoms with van der Waals surface area (Å²) >= 11 is 6.26. The van der Waals surface area contributed by atoms with E-state index in [1.165, 1.54) is 51.0 Å². The van der Waals surface area contributed by atoms with Crippen LogP contribution in [0.4, 0.5) is 0 Å². The second-order valence-corrected chi connectivity index (χ2v) is 5.92. The minimum absolute atomic E-state index is 0.787. The van der Waals surface area contributed by atoms with Crippen molar-refractivity contribution in [1.82, 2.24) is 9.80 Å². The van der Waals surface area contributed by atoms with E-state index in [0.29, 0.717) is 0 Å². The fourth-order valence-electron chi connectivity index (χ4n) is 3.29. The number of rotatable bonds is 2. The molecule has 3 rings (SSSR count). The molecule has 2 aliphatic rings. The van der Waals surface area contributed by atoms with Crippen LogP contribution in [0.3, 0.4) is 0 Å². The Labute approximate surface area is 115 Å². The highest BCUT2D eigenvalue weighted by atomic mass is 35.5. The molecule has 0 amide bonds. The van der Waals surface area contributed by atoms with Crippen LogP contribution in [0.5, 0.6) is 0 Å². The first-order chi connectivity index (χ1) is 8.83. The van der Waals surface area contributed by atoms with Crippen LogP contribution >= 0.6 is 11.6 Å². The van der Waals surface area contributed by atoms with Gasteiger partial charge in [0.1, 0.15) is 0 Å². The van der Waals surface area contributed by atoms with Crippen LogP contribution in [0.25, 0.3) is 0 Å². The summed E-state index contributed by atoms with van der Waals surface area (Å²) in [6.45, 7) is 6.02. The Kier molecular flexibility index (Phi) is 3.88. The van der Waals surface area contributed by atoms with Gasteiger partial charge in [0.25, 0.3) is 0 Å². The van der Waals surface area contributed by atoms with E-state index in [2.05, 4.69) is 21.9 Å². The van der Waals surface area contributed by atoms with Crippen LogP contribution < -0.4 is 0 Å². The molecule has 3 heteroatoms. The zero-order valence-corrected chi connectivity index (χ0v) is 11.6. The predicted octanol–water partition coefficient (Wildman–Crippen LogP) is 3.01. The first-order valence-corrected chi connectivity index (χ1v) is 7.40. The smallest absolute Gasteiger partial charge is 0.0451 e. The highest BCUT2D eigenvalue weighted by molar-refractivity contribution is 6.31. The van der Waals surface area contributed by atoms with Crippen molar-refractivity contribution in [3.05, 3.63) is 34.9 Å². The van der Waals surface area contributed by atoms with Crippen LogP contribution in [0.15, 0.2) is 24.3 Å². The van der Waals surface area contributed by atoms with Gasteiger partial charge >= 0.3 is 0 Å². The van der Waals surface area contributed by atoms with E-state index < -0.39 is 0 Å². The van der Waals surface area contributed by atoms with E-state index in [4.69, 9.17) is 11.6 Å². The van der Waals surface area contributed by atoms with Gasteiger partial charge in [-0.25, -0.2) is 0 Å². The normalized spacial score (nSPS) is 25.9. The van der Waals surface area contributed by atoms with Crippen LogP contribution in [0.2, 0.25) is 5.02 Å². The summed E-state index contributed by atoms with van der Waals surface area (Å²) in [6.07, 6.45) is 4.05. The maximum atomic E-state index is 6.26. The van der Waals surface area contributed by atoms with Crippen molar-refractivity contribution >= 4 is 11.6 Å². The third kappa shape index (κ3) is 2.71. The number of hydrogen-bond acceptors (Lipinski definition) is 2. The molecule has 0 aliphatic carbocycles. The molecule has 2 fully saturated rings. The summed E-state index contributed by atoms with van der Waals surface area (Å²) in [5.74, 6) is 0. The summed E-state index contributed by atoms with van der Waals surface area (Å²) in [5, 5.41) is 0.907. The van der Waals surface area contributed by atoms with Crippen LogP contribution in [-0.4, -0.2) is 42.0 Å². The molecule has 0 N–H and O–H groups in total.